The summed E-state index contributed by atoms with van der Waals surface area (Å²) in [7, 11) is 0. The van der Waals surface area contributed by atoms with E-state index in [1.807, 2.05) is 49.6 Å². The Bertz CT molecular complexity index is 1080. The van der Waals surface area contributed by atoms with Crippen LogP contribution in [0, 0.1) is 13.8 Å². The number of rotatable bonds is 10. The second-order valence-corrected chi connectivity index (χ2v) is 9.10. The van der Waals surface area contributed by atoms with Gasteiger partial charge in [0, 0.05) is 11.4 Å². The minimum Gasteiger partial charge on any atom is -0.486 e. The summed E-state index contributed by atoms with van der Waals surface area (Å²) in [6.45, 7) is 8.85. The van der Waals surface area contributed by atoms with Crippen LogP contribution in [0.3, 0.4) is 0 Å². The molecule has 0 aliphatic heterocycles. The van der Waals surface area contributed by atoms with Crippen molar-refractivity contribution < 1.29 is 19.1 Å². The van der Waals surface area contributed by atoms with Gasteiger partial charge in [-0.2, -0.15) is 0 Å². The number of carbonyl (C=O) groups is 2. The SMILES string of the molecule is CCOC(=O)c1cc(C)sc1NC(=O)CSc1nnc(COc2ccc(C)cc2)n1CC. The average Bonchev–Trinajstić information content (AvgIpc) is 3.34. The number of amides is 1. The Morgan fingerprint density at radius 2 is 1.91 bits per heavy atom. The number of hydrogen-bond acceptors (Lipinski definition) is 8. The summed E-state index contributed by atoms with van der Waals surface area (Å²) in [5.74, 6) is 0.915. The molecule has 0 atom stereocenters. The first-order valence-corrected chi connectivity index (χ1v) is 12.0. The van der Waals surface area contributed by atoms with Crippen LogP contribution in [0.5, 0.6) is 5.75 Å². The number of carbonyl (C=O) groups excluding carboxylic acids is 2. The van der Waals surface area contributed by atoms with E-state index in [0.29, 0.717) is 28.1 Å². The zero-order chi connectivity index (χ0) is 23.1. The largest absolute Gasteiger partial charge is 0.486 e. The van der Waals surface area contributed by atoms with Gasteiger partial charge in [0.2, 0.25) is 5.91 Å². The van der Waals surface area contributed by atoms with E-state index < -0.39 is 5.97 Å². The van der Waals surface area contributed by atoms with E-state index in [1.165, 1.54) is 23.1 Å². The first kappa shape index (κ1) is 23.8. The summed E-state index contributed by atoms with van der Waals surface area (Å²) in [6, 6.07) is 9.53. The zero-order valence-electron chi connectivity index (χ0n) is 18.5. The van der Waals surface area contributed by atoms with E-state index in [1.54, 1.807) is 13.0 Å². The Balaban J connectivity index is 1.59. The van der Waals surface area contributed by atoms with Crippen molar-refractivity contribution in [1.29, 1.82) is 0 Å². The highest BCUT2D eigenvalue weighted by molar-refractivity contribution is 7.99. The molecule has 0 spiro atoms. The smallest absolute Gasteiger partial charge is 0.341 e. The Hall–Kier alpha value is -2.85. The topological polar surface area (TPSA) is 95.3 Å². The third kappa shape index (κ3) is 6.10. The lowest BCUT2D eigenvalue weighted by atomic mass is 10.2. The van der Waals surface area contributed by atoms with Crippen molar-refractivity contribution in [2.75, 3.05) is 17.7 Å². The summed E-state index contributed by atoms with van der Waals surface area (Å²) in [4.78, 5) is 25.5. The Morgan fingerprint density at radius 1 is 1.16 bits per heavy atom. The molecule has 1 N–H and O–H groups in total. The Labute approximate surface area is 195 Å². The maximum absolute atomic E-state index is 12.5. The molecule has 3 rings (SSSR count). The van der Waals surface area contributed by atoms with Crippen molar-refractivity contribution >= 4 is 40.0 Å². The fourth-order valence-corrected chi connectivity index (χ4v) is 4.63. The monoisotopic (exact) mass is 474 g/mol. The number of benzene rings is 1. The van der Waals surface area contributed by atoms with Crippen LogP contribution in [0.15, 0.2) is 35.5 Å². The molecule has 32 heavy (non-hydrogen) atoms. The van der Waals surface area contributed by atoms with E-state index in [9.17, 15) is 9.59 Å². The molecule has 1 aromatic carbocycles. The molecule has 1 amide bonds. The number of thioether (sulfide) groups is 1. The fraction of sp³-hybridized carbons (Fsp3) is 0.364. The van der Waals surface area contributed by atoms with Gasteiger partial charge in [-0.05, 0) is 45.9 Å². The summed E-state index contributed by atoms with van der Waals surface area (Å²) in [6.07, 6.45) is 0. The molecule has 2 aromatic heterocycles. The number of anilines is 1. The van der Waals surface area contributed by atoms with E-state index in [4.69, 9.17) is 9.47 Å². The lowest BCUT2D eigenvalue weighted by Gasteiger charge is -2.09. The molecule has 0 radical (unpaired) electrons. The summed E-state index contributed by atoms with van der Waals surface area (Å²) in [5.41, 5.74) is 1.54. The third-order valence-corrected chi connectivity index (χ3v) is 6.37. The zero-order valence-corrected chi connectivity index (χ0v) is 20.1. The molecular formula is C22H26N4O4S2. The number of nitrogens with one attached hydrogen (secondary N) is 1. The third-order valence-electron chi connectivity index (χ3n) is 4.43. The first-order valence-electron chi connectivity index (χ1n) is 10.2. The highest BCUT2D eigenvalue weighted by atomic mass is 32.2. The Kier molecular flexibility index (Phi) is 8.29. The number of thiophene rings is 1. The molecule has 0 saturated carbocycles. The molecule has 0 aliphatic carbocycles. The van der Waals surface area contributed by atoms with Gasteiger partial charge >= 0.3 is 5.97 Å². The van der Waals surface area contributed by atoms with Crippen LogP contribution in [0.4, 0.5) is 5.00 Å². The van der Waals surface area contributed by atoms with E-state index in [0.717, 1.165) is 16.2 Å². The van der Waals surface area contributed by atoms with Gasteiger partial charge in [-0.3, -0.25) is 4.79 Å². The molecule has 10 heteroatoms. The fourth-order valence-electron chi connectivity index (χ4n) is 2.89. The predicted molar refractivity (Wildman–Crippen MR) is 126 cm³/mol. The van der Waals surface area contributed by atoms with Crippen molar-refractivity contribution in [2.45, 2.75) is 46.0 Å². The number of aryl methyl sites for hydroxylation is 2. The van der Waals surface area contributed by atoms with Gasteiger partial charge in [-0.25, -0.2) is 4.79 Å². The van der Waals surface area contributed by atoms with E-state index >= 15 is 0 Å². The minimum absolute atomic E-state index is 0.135. The molecule has 0 aliphatic rings. The van der Waals surface area contributed by atoms with Gasteiger partial charge in [0.25, 0.3) is 0 Å². The quantitative estimate of drug-likeness (QED) is 0.342. The number of hydrogen-bond donors (Lipinski definition) is 1. The van der Waals surface area contributed by atoms with Gasteiger partial charge in [0.1, 0.15) is 17.4 Å². The second kappa shape index (κ2) is 11.1. The van der Waals surface area contributed by atoms with Crippen molar-refractivity contribution in [3.63, 3.8) is 0 Å². The van der Waals surface area contributed by atoms with Crippen LogP contribution in [0.2, 0.25) is 0 Å². The van der Waals surface area contributed by atoms with Crippen molar-refractivity contribution in [1.82, 2.24) is 14.8 Å². The lowest BCUT2D eigenvalue weighted by Crippen LogP contribution is -2.16. The summed E-state index contributed by atoms with van der Waals surface area (Å²) >= 11 is 2.63. The van der Waals surface area contributed by atoms with Gasteiger partial charge in [-0.1, -0.05) is 29.5 Å². The maximum atomic E-state index is 12.5. The number of ether oxygens (including phenoxy) is 2. The van der Waals surface area contributed by atoms with Crippen LogP contribution in [-0.2, 0) is 22.7 Å². The highest BCUT2D eigenvalue weighted by Crippen LogP contribution is 2.29. The molecule has 0 fully saturated rings. The first-order chi connectivity index (χ1) is 15.4. The highest BCUT2D eigenvalue weighted by Gasteiger charge is 2.19. The molecule has 2 heterocycles. The average molecular weight is 475 g/mol. The molecule has 8 nitrogen and oxygen atoms in total. The molecule has 0 bridgehead atoms. The van der Waals surface area contributed by atoms with E-state index in [2.05, 4.69) is 15.5 Å². The van der Waals surface area contributed by atoms with Gasteiger partial charge in [0.05, 0.1) is 17.9 Å². The summed E-state index contributed by atoms with van der Waals surface area (Å²) < 4.78 is 12.8. The second-order valence-electron chi connectivity index (χ2n) is 6.90. The number of esters is 1. The lowest BCUT2D eigenvalue weighted by molar-refractivity contribution is -0.113. The molecule has 170 valence electrons. The molecule has 3 aromatic rings. The van der Waals surface area contributed by atoms with Gasteiger partial charge in [0.15, 0.2) is 11.0 Å². The molecule has 0 saturated heterocycles. The van der Waals surface area contributed by atoms with Crippen LogP contribution in [-0.4, -0.2) is 39.0 Å². The summed E-state index contributed by atoms with van der Waals surface area (Å²) in [5, 5.41) is 12.4. The minimum atomic E-state index is -0.441. The Morgan fingerprint density at radius 3 is 2.59 bits per heavy atom. The number of nitrogens with zero attached hydrogens (tertiary/aromatic N) is 3. The van der Waals surface area contributed by atoms with Crippen LogP contribution < -0.4 is 10.1 Å². The van der Waals surface area contributed by atoms with Gasteiger partial charge in [-0.15, -0.1) is 21.5 Å². The van der Waals surface area contributed by atoms with Crippen molar-refractivity contribution in [2.24, 2.45) is 0 Å². The van der Waals surface area contributed by atoms with E-state index in [-0.39, 0.29) is 24.9 Å². The van der Waals surface area contributed by atoms with Gasteiger partial charge < -0.3 is 19.4 Å². The standard InChI is InChI=1S/C22H26N4O4S2/c1-5-26-18(12-30-16-9-7-14(3)8-10-16)24-25-22(26)31-13-19(27)23-20-17(11-15(4)32-20)21(28)29-6-2/h7-11H,5-6,12-13H2,1-4H3,(H,23,27). The molecule has 0 unspecified atom stereocenters. The normalized spacial score (nSPS) is 10.8. The predicted octanol–water partition coefficient (Wildman–Crippen LogP) is 4.46. The van der Waals surface area contributed by atoms with Crippen molar-refractivity contribution in [3.05, 3.63) is 52.2 Å². The maximum Gasteiger partial charge on any atom is 0.341 e. The van der Waals surface area contributed by atoms with Crippen molar-refractivity contribution in [3.8, 4) is 5.75 Å². The molecular weight excluding hydrogens is 448 g/mol. The van der Waals surface area contributed by atoms with Crippen LogP contribution >= 0.6 is 23.1 Å². The van der Waals surface area contributed by atoms with Crippen LogP contribution in [0.25, 0.3) is 0 Å². The number of aromatic nitrogens is 3. The van der Waals surface area contributed by atoms with Crippen LogP contribution in [0.1, 0.15) is 40.5 Å².